The van der Waals surface area contributed by atoms with Crippen LogP contribution in [-0.2, 0) is 0 Å². The lowest BCUT2D eigenvalue weighted by molar-refractivity contribution is 0.356. The van der Waals surface area contributed by atoms with Gasteiger partial charge in [-0.2, -0.15) is 0 Å². The van der Waals surface area contributed by atoms with E-state index < -0.39 is 0 Å². The first-order valence-corrected chi connectivity index (χ1v) is 3.39. The number of hydrogen-bond donors (Lipinski definition) is 0. The molecule has 0 N–H and O–H groups in total. The van der Waals surface area contributed by atoms with Crippen molar-refractivity contribution in [3.63, 3.8) is 0 Å². The molecule has 1 aliphatic rings. The first-order valence-electron chi connectivity index (χ1n) is 3.39. The van der Waals surface area contributed by atoms with E-state index in [-0.39, 0.29) is 0 Å². The minimum absolute atomic E-state index is 0.524. The van der Waals surface area contributed by atoms with E-state index in [4.69, 9.17) is 4.74 Å². The van der Waals surface area contributed by atoms with Crippen LogP contribution in [-0.4, -0.2) is 11.7 Å². The molecule has 0 saturated heterocycles. The Bertz CT molecular complexity index is 285. The van der Waals surface area contributed by atoms with Gasteiger partial charge in [0.25, 0.3) is 0 Å². The first kappa shape index (κ1) is 6.22. The lowest BCUT2D eigenvalue weighted by Crippen LogP contribution is -2.14. The van der Waals surface area contributed by atoms with Gasteiger partial charge in [-0.05, 0) is 12.1 Å². The molecule has 0 aromatic carbocycles. The molecule has 0 fully saturated rings. The number of anilines is 1. The molecule has 56 valence electrons. The summed E-state index contributed by atoms with van der Waals surface area (Å²) in [4.78, 5) is 6.00. The topological polar surface area (TPSA) is 25.4 Å². The second kappa shape index (κ2) is 2.27. The largest absolute Gasteiger partial charge is 0.469 e. The highest BCUT2D eigenvalue weighted by molar-refractivity contribution is 5.56. The van der Waals surface area contributed by atoms with Gasteiger partial charge in [0.15, 0.2) is 18.3 Å². The molecule has 0 saturated carbocycles. The van der Waals surface area contributed by atoms with E-state index in [0.717, 1.165) is 11.6 Å². The molecular formula is C8H8N2O. The molecule has 0 spiro atoms. The highest BCUT2D eigenvalue weighted by atomic mass is 16.5. The van der Waals surface area contributed by atoms with E-state index >= 15 is 0 Å². The fourth-order valence-corrected chi connectivity index (χ4v) is 1.05. The van der Waals surface area contributed by atoms with Crippen LogP contribution in [0, 0.1) is 0 Å². The fourth-order valence-electron chi connectivity index (χ4n) is 1.05. The van der Waals surface area contributed by atoms with Gasteiger partial charge in [0.05, 0.1) is 0 Å². The average Bonchev–Trinajstić information content (AvgIpc) is 2.47. The molecule has 0 unspecified atom stereocenters. The summed E-state index contributed by atoms with van der Waals surface area (Å²) < 4.78 is 5.29. The van der Waals surface area contributed by atoms with Crippen molar-refractivity contribution in [2.45, 2.75) is 0 Å². The van der Waals surface area contributed by atoms with Crippen LogP contribution in [0.2, 0.25) is 0 Å². The van der Waals surface area contributed by atoms with Gasteiger partial charge in [0.1, 0.15) is 0 Å². The number of hydrogen-bond acceptors (Lipinski definition) is 3. The molecule has 1 aromatic heterocycles. The number of aromatic nitrogens is 1. The lowest BCUT2D eigenvalue weighted by atomic mass is 10.4. The standard InChI is InChI=1S/C8H8N2O/c1-2-10-6-11-7-4-3-5-9-8(7)10/h2-5H,1,6H2. The van der Waals surface area contributed by atoms with Gasteiger partial charge in [0.2, 0.25) is 0 Å². The van der Waals surface area contributed by atoms with Gasteiger partial charge in [-0.3, -0.25) is 4.90 Å². The maximum atomic E-state index is 5.29. The van der Waals surface area contributed by atoms with Crippen LogP contribution in [0.1, 0.15) is 0 Å². The van der Waals surface area contributed by atoms with Crippen molar-refractivity contribution in [1.29, 1.82) is 0 Å². The molecule has 3 heteroatoms. The molecule has 11 heavy (non-hydrogen) atoms. The molecule has 0 bridgehead atoms. The Labute approximate surface area is 64.9 Å². The number of pyridine rings is 1. The average molecular weight is 148 g/mol. The monoisotopic (exact) mass is 148 g/mol. The number of rotatable bonds is 1. The number of fused-ring (bicyclic) bond motifs is 1. The minimum atomic E-state index is 0.524. The molecule has 0 amide bonds. The van der Waals surface area contributed by atoms with Gasteiger partial charge < -0.3 is 4.74 Å². The molecule has 1 aliphatic heterocycles. The minimum Gasteiger partial charge on any atom is -0.469 e. The Hall–Kier alpha value is -1.51. The van der Waals surface area contributed by atoms with Gasteiger partial charge >= 0.3 is 0 Å². The summed E-state index contributed by atoms with van der Waals surface area (Å²) in [6.07, 6.45) is 3.45. The van der Waals surface area contributed by atoms with Crippen LogP contribution in [0.3, 0.4) is 0 Å². The van der Waals surface area contributed by atoms with Crippen LogP contribution in [0.15, 0.2) is 31.1 Å². The van der Waals surface area contributed by atoms with E-state index in [1.807, 2.05) is 17.0 Å². The Morgan fingerprint density at radius 3 is 3.45 bits per heavy atom. The molecule has 2 heterocycles. The zero-order chi connectivity index (χ0) is 7.68. The van der Waals surface area contributed by atoms with Gasteiger partial charge in [-0.15, -0.1) is 0 Å². The third kappa shape index (κ3) is 0.852. The SMILES string of the molecule is C=CN1COc2cccnc21. The third-order valence-electron chi connectivity index (χ3n) is 1.60. The van der Waals surface area contributed by atoms with Gasteiger partial charge in [-0.25, -0.2) is 4.98 Å². The Morgan fingerprint density at radius 1 is 1.73 bits per heavy atom. The van der Waals surface area contributed by atoms with E-state index in [2.05, 4.69) is 11.6 Å². The van der Waals surface area contributed by atoms with Crippen molar-refractivity contribution in [2.75, 3.05) is 11.6 Å². The summed E-state index contributed by atoms with van der Waals surface area (Å²) in [5, 5.41) is 0. The van der Waals surface area contributed by atoms with E-state index in [1.54, 1.807) is 12.4 Å². The van der Waals surface area contributed by atoms with Crippen LogP contribution >= 0.6 is 0 Å². The van der Waals surface area contributed by atoms with Crippen molar-refractivity contribution in [3.8, 4) is 5.75 Å². The molecule has 1 aromatic rings. The molecular weight excluding hydrogens is 140 g/mol. The van der Waals surface area contributed by atoms with Crippen LogP contribution in [0.25, 0.3) is 0 Å². The second-order valence-corrected chi connectivity index (χ2v) is 2.25. The fraction of sp³-hybridized carbons (Fsp3) is 0.125. The maximum Gasteiger partial charge on any atom is 0.178 e. The smallest absolute Gasteiger partial charge is 0.178 e. The highest BCUT2D eigenvalue weighted by Crippen LogP contribution is 2.30. The van der Waals surface area contributed by atoms with Crippen LogP contribution in [0.4, 0.5) is 5.82 Å². The van der Waals surface area contributed by atoms with E-state index in [1.165, 1.54) is 0 Å². The normalized spacial score (nSPS) is 14.0. The second-order valence-electron chi connectivity index (χ2n) is 2.25. The predicted octanol–water partition coefficient (Wildman–Crippen LogP) is 1.38. The summed E-state index contributed by atoms with van der Waals surface area (Å²) >= 11 is 0. The molecule has 3 nitrogen and oxygen atoms in total. The summed E-state index contributed by atoms with van der Waals surface area (Å²) in [5.41, 5.74) is 0. The molecule has 0 atom stereocenters. The third-order valence-corrected chi connectivity index (χ3v) is 1.60. The van der Waals surface area contributed by atoms with Crippen LogP contribution < -0.4 is 9.64 Å². The lowest BCUT2D eigenvalue weighted by Gasteiger charge is -2.06. The van der Waals surface area contributed by atoms with Crippen molar-refractivity contribution >= 4 is 5.82 Å². The molecule has 0 radical (unpaired) electrons. The molecule has 2 rings (SSSR count). The Kier molecular flexibility index (Phi) is 1.28. The maximum absolute atomic E-state index is 5.29. The summed E-state index contributed by atoms with van der Waals surface area (Å²) in [6, 6.07) is 3.75. The van der Waals surface area contributed by atoms with E-state index in [9.17, 15) is 0 Å². The first-order chi connectivity index (χ1) is 5.42. The van der Waals surface area contributed by atoms with Crippen molar-refractivity contribution in [1.82, 2.24) is 4.98 Å². The van der Waals surface area contributed by atoms with Gasteiger partial charge in [-0.1, -0.05) is 6.58 Å². The number of nitrogens with zero attached hydrogens (tertiary/aromatic N) is 2. The Balaban J connectivity index is 2.46. The molecule has 0 aliphatic carbocycles. The van der Waals surface area contributed by atoms with Crippen molar-refractivity contribution < 1.29 is 4.74 Å². The zero-order valence-corrected chi connectivity index (χ0v) is 6.03. The quantitative estimate of drug-likeness (QED) is 0.601. The summed E-state index contributed by atoms with van der Waals surface area (Å²) in [7, 11) is 0. The summed E-state index contributed by atoms with van der Waals surface area (Å²) in [5.74, 6) is 1.68. The van der Waals surface area contributed by atoms with Gasteiger partial charge in [0, 0.05) is 12.4 Å². The number of ether oxygens (including phenoxy) is 1. The highest BCUT2D eigenvalue weighted by Gasteiger charge is 2.17. The van der Waals surface area contributed by atoms with Crippen molar-refractivity contribution in [3.05, 3.63) is 31.1 Å². The Morgan fingerprint density at radius 2 is 2.64 bits per heavy atom. The van der Waals surface area contributed by atoms with Crippen molar-refractivity contribution in [2.24, 2.45) is 0 Å². The summed E-state index contributed by atoms with van der Waals surface area (Å²) in [6.45, 7) is 4.17. The van der Waals surface area contributed by atoms with Crippen LogP contribution in [0.5, 0.6) is 5.75 Å². The predicted molar refractivity (Wildman–Crippen MR) is 42.4 cm³/mol. The van der Waals surface area contributed by atoms with E-state index in [0.29, 0.717) is 6.73 Å². The zero-order valence-electron chi connectivity index (χ0n) is 6.03.